The van der Waals surface area contributed by atoms with Crippen molar-refractivity contribution in [3.8, 4) is 0 Å². The van der Waals surface area contributed by atoms with Crippen LogP contribution in [0, 0.1) is 21.8 Å². The molecule has 0 amide bonds. The average Bonchev–Trinajstić information content (AvgIpc) is 2.84. The highest BCUT2D eigenvalue weighted by atomic mass is 32.2. The van der Waals surface area contributed by atoms with Crippen molar-refractivity contribution < 1.29 is 22.8 Å². The van der Waals surface area contributed by atoms with E-state index in [0.717, 1.165) is 18.6 Å². The molecule has 1 aliphatic carbocycles. The molecule has 1 fully saturated rings. The Morgan fingerprint density at radius 3 is 2.76 bits per heavy atom. The molecule has 2 unspecified atom stereocenters. The number of aliphatic hydroxyl groups is 1. The van der Waals surface area contributed by atoms with E-state index in [1.165, 1.54) is 0 Å². The van der Waals surface area contributed by atoms with Crippen LogP contribution < -0.4 is 4.72 Å². The molecule has 2 rings (SSSR count). The fourth-order valence-corrected chi connectivity index (χ4v) is 4.03. The second kappa shape index (κ2) is 6.04. The predicted molar refractivity (Wildman–Crippen MR) is 71.6 cm³/mol. The molecular weight excluding hydrogens is 303 g/mol. The van der Waals surface area contributed by atoms with Gasteiger partial charge in [-0.2, -0.15) is 0 Å². The molecule has 0 aliphatic heterocycles. The topological polar surface area (TPSA) is 110 Å². The van der Waals surface area contributed by atoms with E-state index >= 15 is 0 Å². The maximum atomic E-state index is 13.1. The van der Waals surface area contributed by atoms with Crippen molar-refractivity contribution in [1.82, 2.24) is 4.72 Å². The van der Waals surface area contributed by atoms with Gasteiger partial charge in [-0.15, -0.1) is 0 Å². The Morgan fingerprint density at radius 1 is 1.43 bits per heavy atom. The molecule has 9 heteroatoms. The fraction of sp³-hybridized carbons (Fsp3) is 0.500. The minimum Gasteiger partial charge on any atom is -0.396 e. The summed E-state index contributed by atoms with van der Waals surface area (Å²) >= 11 is 0. The van der Waals surface area contributed by atoms with Gasteiger partial charge in [0.2, 0.25) is 10.0 Å². The van der Waals surface area contributed by atoms with Crippen molar-refractivity contribution in [2.75, 3.05) is 6.61 Å². The van der Waals surface area contributed by atoms with Gasteiger partial charge in [-0.25, -0.2) is 17.5 Å². The van der Waals surface area contributed by atoms with Gasteiger partial charge in [-0.1, -0.05) is 6.42 Å². The summed E-state index contributed by atoms with van der Waals surface area (Å²) in [5, 5.41) is 20.1. The number of rotatable bonds is 5. The van der Waals surface area contributed by atoms with Gasteiger partial charge < -0.3 is 5.11 Å². The van der Waals surface area contributed by atoms with E-state index in [0.29, 0.717) is 18.9 Å². The molecule has 1 aliphatic rings. The number of nitrogens with zero attached hydrogens (tertiary/aromatic N) is 1. The molecule has 7 nitrogen and oxygen atoms in total. The Bertz CT molecular complexity index is 649. The van der Waals surface area contributed by atoms with Gasteiger partial charge in [0.1, 0.15) is 5.82 Å². The largest absolute Gasteiger partial charge is 0.396 e. The lowest BCUT2D eigenvalue weighted by molar-refractivity contribution is -0.388. The van der Waals surface area contributed by atoms with Crippen LogP contribution >= 0.6 is 0 Å². The highest BCUT2D eigenvalue weighted by Gasteiger charge is 2.33. The van der Waals surface area contributed by atoms with Crippen molar-refractivity contribution in [3.05, 3.63) is 34.1 Å². The van der Waals surface area contributed by atoms with Gasteiger partial charge in [-0.3, -0.25) is 10.1 Å². The Kier molecular flexibility index (Phi) is 4.55. The number of nitro groups is 1. The highest BCUT2D eigenvalue weighted by molar-refractivity contribution is 7.89. The Hall–Kier alpha value is -1.58. The average molecular weight is 318 g/mol. The molecule has 0 spiro atoms. The zero-order valence-electron chi connectivity index (χ0n) is 11.0. The summed E-state index contributed by atoms with van der Waals surface area (Å²) in [4.78, 5) is 9.38. The first-order chi connectivity index (χ1) is 9.85. The number of aliphatic hydroxyl groups excluding tert-OH is 1. The van der Waals surface area contributed by atoms with Crippen molar-refractivity contribution in [2.45, 2.75) is 30.2 Å². The molecule has 2 N–H and O–H groups in total. The molecule has 1 saturated carbocycles. The van der Waals surface area contributed by atoms with Crippen LogP contribution in [0.3, 0.4) is 0 Å². The normalized spacial score (nSPS) is 22.4. The number of benzene rings is 1. The monoisotopic (exact) mass is 318 g/mol. The van der Waals surface area contributed by atoms with Gasteiger partial charge in [0, 0.05) is 12.6 Å². The van der Waals surface area contributed by atoms with Crippen molar-refractivity contribution in [2.24, 2.45) is 5.92 Å². The number of halogens is 1. The van der Waals surface area contributed by atoms with Crippen molar-refractivity contribution in [3.63, 3.8) is 0 Å². The van der Waals surface area contributed by atoms with Crippen LogP contribution in [0.4, 0.5) is 10.1 Å². The second-order valence-electron chi connectivity index (χ2n) is 4.97. The first-order valence-corrected chi connectivity index (χ1v) is 7.90. The van der Waals surface area contributed by atoms with Crippen LogP contribution in [0.15, 0.2) is 23.1 Å². The quantitative estimate of drug-likeness (QED) is 0.625. The van der Waals surface area contributed by atoms with Crippen LogP contribution in [0.2, 0.25) is 0 Å². The number of hydrogen-bond donors (Lipinski definition) is 2. The van der Waals surface area contributed by atoms with Gasteiger partial charge in [0.05, 0.1) is 11.0 Å². The van der Waals surface area contributed by atoms with Gasteiger partial charge in [0.15, 0.2) is 4.90 Å². The van der Waals surface area contributed by atoms with E-state index in [-0.39, 0.29) is 12.5 Å². The molecule has 0 bridgehead atoms. The maximum absolute atomic E-state index is 13.1. The third kappa shape index (κ3) is 3.36. The summed E-state index contributed by atoms with van der Waals surface area (Å²) in [6, 6.07) is 1.84. The molecule has 116 valence electrons. The summed E-state index contributed by atoms with van der Waals surface area (Å²) < 4.78 is 40.0. The first kappa shape index (κ1) is 15.8. The van der Waals surface area contributed by atoms with Crippen molar-refractivity contribution >= 4 is 15.7 Å². The van der Waals surface area contributed by atoms with Gasteiger partial charge in [-0.05, 0) is 30.9 Å². The number of nitro benzene ring substituents is 1. The Morgan fingerprint density at radius 2 is 2.14 bits per heavy atom. The predicted octanol–water partition coefficient (Wildman–Crippen LogP) is 1.17. The third-order valence-corrected chi connectivity index (χ3v) is 5.14. The molecular formula is C12H15FN2O5S. The lowest BCUT2D eigenvalue weighted by Gasteiger charge is -2.18. The van der Waals surface area contributed by atoms with Crippen molar-refractivity contribution in [1.29, 1.82) is 0 Å². The van der Waals surface area contributed by atoms with Crippen LogP contribution in [0.5, 0.6) is 0 Å². The Balaban J connectivity index is 2.34. The van der Waals surface area contributed by atoms with Crippen LogP contribution in [0.25, 0.3) is 0 Å². The molecule has 0 radical (unpaired) electrons. The highest BCUT2D eigenvalue weighted by Crippen LogP contribution is 2.29. The fourth-order valence-electron chi connectivity index (χ4n) is 2.53. The lowest BCUT2D eigenvalue weighted by atomic mass is 10.1. The molecule has 0 saturated heterocycles. The molecule has 1 aromatic carbocycles. The van der Waals surface area contributed by atoms with E-state index in [2.05, 4.69) is 4.72 Å². The van der Waals surface area contributed by atoms with E-state index in [1.807, 2.05) is 0 Å². The first-order valence-electron chi connectivity index (χ1n) is 6.42. The van der Waals surface area contributed by atoms with Crippen LogP contribution in [0.1, 0.15) is 19.3 Å². The van der Waals surface area contributed by atoms with E-state index in [4.69, 9.17) is 0 Å². The zero-order valence-corrected chi connectivity index (χ0v) is 11.8. The van der Waals surface area contributed by atoms with E-state index in [9.17, 15) is 28.0 Å². The van der Waals surface area contributed by atoms with E-state index in [1.54, 1.807) is 0 Å². The number of nitrogens with one attached hydrogen (secondary N) is 1. The number of sulfonamides is 1. The lowest BCUT2D eigenvalue weighted by Crippen LogP contribution is -2.38. The summed E-state index contributed by atoms with van der Waals surface area (Å²) in [6.07, 6.45) is 2.01. The smallest absolute Gasteiger partial charge is 0.292 e. The Labute approximate surface area is 121 Å². The van der Waals surface area contributed by atoms with Gasteiger partial charge in [0.25, 0.3) is 5.69 Å². The molecule has 2 atom stereocenters. The molecule has 1 aromatic rings. The summed E-state index contributed by atoms with van der Waals surface area (Å²) in [7, 11) is -4.15. The minimum absolute atomic E-state index is 0.154. The summed E-state index contributed by atoms with van der Waals surface area (Å²) in [5.74, 6) is -1.09. The standard InChI is InChI=1S/C12H15FN2O5S/c13-9-4-5-12(11(6-9)15(17)18)21(19,20)14-10-3-1-2-8(10)7-16/h4-6,8,10,14,16H,1-3,7H2. The summed E-state index contributed by atoms with van der Waals surface area (Å²) in [5.41, 5.74) is -0.805. The maximum Gasteiger partial charge on any atom is 0.292 e. The minimum atomic E-state index is -4.15. The van der Waals surface area contributed by atoms with Gasteiger partial charge >= 0.3 is 0 Å². The SMILES string of the molecule is O=[N+]([O-])c1cc(F)ccc1S(=O)(=O)NC1CCCC1CO. The summed E-state index contributed by atoms with van der Waals surface area (Å²) in [6.45, 7) is -0.154. The van der Waals surface area contributed by atoms with Crippen LogP contribution in [-0.4, -0.2) is 31.1 Å². The zero-order chi connectivity index (χ0) is 15.6. The molecule has 0 heterocycles. The third-order valence-electron chi connectivity index (χ3n) is 3.61. The van der Waals surface area contributed by atoms with E-state index < -0.39 is 37.4 Å². The second-order valence-corrected chi connectivity index (χ2v) is 6.65. The van der Waals surface area contributed by atoms with Crippen LogP contribution in [-0.2, 0) is 10.0 Å². The molecule has 0 aromatic heterocycles. The molecule has 21 heavy (non-hydrogen) atoms. The number of hydrogen-bond acceptors (Lipinski definition) is 5.